The van der Waals surface area contributed by atoms with Crippen LogP contribution in [0.4, 0.5) is 0 Å². The Morgan fingerprint density at radius 1 is 1.50 bits per heavy atom. The van der Waals surface area contributed by atoms with Crippen LogP contribution in [0.1, 0.15) is 33.1 Å². The van der Waals surface area contributed by atoms with E-state index in [0.29, 0.717) is 18.2 Å². The Morgan fingerprint density at radius 2 is 2.29 bits per heavy atom. The second-order valence-corrected chi connectivity index (χ2v) is 5.12. The van der Waals surface area contributed by atoms with Gasteiger partial charge in [0, 0.05) is 18.1 Å². The van der Waals surface area contributed by atoms with Gasteiger partial charge in [0.1, 0.15) is 0 Å². The first kappa shape index (κ1) is 10.4. The van der Waals surface area contributed by atoms with Crippen LogP contribution in [0.5, 0.6) is 0 Å². The summed E-state index contributed by atoms with van der Waals surface area (Å²) in [6, 6.07) is 0.303. The minimum Gasteiger partial charge on any atom is -0.376 e. The molecule has 3 atom stereocenters. The summed E-state index contributed by atoms with van der Waals surface area (Å²) in [5, 5.41) is 0. The van der Waals surface area contributed by atoms with Crippen LogP contribution in [-0.4, -0.2) is 31.5 Å². The predicted molar refractivity (Wildman–Crippen MR) is 55.1 cm³/mol. The van der Waals surface area contributed by atoms with Gasteiger partial charge in [-0.25, -0.2) is 0 Å². The van der Waals surface area contributed by atoms with E-state index in [1.165, 1.54) is 6.42 Å². The maximum atomic E-state index is 5.92. The van der Waals surface area contributed by atoms with Gasteiger partial charge in [-0.1, -0.05) is 13.8 Å². The minimum absolute atomic E-state index is 0.151. The van der Waals surface area contributed by atoms with E-state index < -0.39 is 0 Å². The third-order valence-corrected chi connectivity index (χ3v) is 3.76. The Hall–Kier alpha value is -0.120. The van der Waals surface area contributed by atoms with Crippen LogP contribution >= 0.6 is 0 Å². The molecule has 0 spiro atoms. The lowest BCUT2D eigenvalue weighted by Gasteiger charge is -2.49. The molecule has 0 aromatic carbocycles. The van der Waals surface area contributed by atoms with Crippen molar-refractivity contribution in [2.75, 3.05) is 13.2 Å². The van der Waals surface area contributed by atoms with Gasteiger partial charge in [-0.2, -0.15) is 0 Å². The van der Waals surface area contributed by atoms with Gasteiger partial charge in [-0.05, 0) is 19.3 Å². The molecule has 0 radical (unpaired) electrons. The van der Waals surface area contributed by atoms with Crippen molar-refractivity contribution in [1.29, 1.82) is 0 Å². The monoisotopic (exact) mass is 199 g/mol. The normalized spacial score (nSPS) is 40.9. The van der Waals surface area contributed by atoms with E-state index in [9.17, 15) is 0 Å². The zero-order valence-corrected chi connectivity index (χ0v) is 9.16. The van der Waals surface area contributed by atoms with Crippen LogP contribution in [0, 0.1) is 5.41 Å². The summed E-state index contributed by atoms with van der Waals surface area (Å²) in [4.78, 5) is 0. The standard InChI is InChI=1S/C11H21NO2/c1-11(2)9(12)6-10(11)14-7-8-4-3-5-13-8/h8-10H,3-7,12H2,1-2H3. The summed E-state index contributed by atoms with van der Waals surface area (Å²) < 4.78 is 11.4. The highest BCUT2D eigenvalue weighted by molar-refractivity contribution is 5.00. The first-order valence-electron chi connectivity index (χ1n) is 5.59. The lowest BCUT2D eigenvalue weighted by molar-refractivity contribution is -0.128. The smallest absolute Gasteiger partial charge is 0.0809 e. The molecule has 1 aliphatic heterocycles. The summed E-state index contributed by atoms with van der Waals surface area (Å²) in [5.41, 5.74) is 6.07. The van der Waals surface area contributed by atoms with Crippen LogP contribution in [0.15, 0.2) is 0 Å². The van der Waals surface area contributed by atoms with Gasteiger partial charge in [0.2, 0.25) is 0 Å². The fourth-order valence-corrected chi connectivity index (χ4v) is 2.20. The Balaban J connectivity index is 1.71. The van der Waals surface area contributed by atoms with E-state index in [2.05, 4.69) is 13.8 Å². The second-order valence-electron chi connectivity index (χ2n) is 5.12. The van der Waals surface area contributed by atoms with Crippen LogP contribution in [0.2, 0.25) is 0 Å². The summed E-state index contributed by atoms with van der Waals surface area (Å²) in [6.07, 6.45) is 4.00. The van der Waals surface area contributed by atoms with E-state index in [4.69, 9.17) is 15.2 Å². The van der Waals surface area contributed by atoms with Crippen LogP contribution < -0.4 is 5.73 Å². The first-order chi connectivity index (χ1) is 6.60. The number of nitrogens with two attached hydrogens (primary N) is 1. The molecule has 1 saturated heterocycles. The van der Waals surface area contributed by atoms with E-state index in [0.717, 1.165) is 26.1 Å². The fraction of sp³-hybridized carbons (Fsp3) is 1.00. The number of hydrogen-bond acceptors (Lipinski definition) is 3. The summed E-state index contributed by atoms with van der Waals surface area (Å²) >= 11 is 0. The molecule has 2 fully saturated rings. The highest BCUT2D eigenvalue weighted by Crippen LogP contribution is 2.41. The van der Waals surface area contributed by atoms with E-state index in [1.807, 2.05) is 0 Å². The molecule has 3 heteroatoms. The van der Waals surface area contributed by atoms with Gasteiger partial charge in [0.15, 0.2) is 0 Å². The van der Waals surface area contributed by atoms with Crippen molar-refractivity contribution in [3.05, 3.63) is 0 Å². The van der Waals surface area contributed by atoms with Gasteiger partial charge in [0.05, 0.1) is 18.8 Å². The van der Waals surface area contributed by atoms with Crippen molar-refractivity contribution in [3.8, 4) is 0 Å². The van der Waals surface area contributed by atoms with Gasteiger partial charge in [0.25, 0.3) is 0 Å². The van der Waals surface area contributed by atoms with Crippen molar-refractivity contribution in [3.63, 3.8) is 0 Å². The molecular formula is C11H21NO2. The molecule has 2 N–H and O–H groups in total. The number of hydrogen-bond donors (Lipinski definition) is 1. The average Bonchev–Trinajstić information content (AvgIpc) is 2.64. The summed E-state index contributed by atoms with van der Waals surface area (Å²) in [5.74, 6) is 0. The maximum absolute atomic E-state index is 5.92. The highest BCUT2D eigenvalue weighted by atomic mass is 16.5. The molecule has 0 bridgehead atoms. The largest absolute Gasteiger partial charge is 0.376 e. The molecule has 82 valence electrons. The number of ether oxygens (including phenoxy) is 2. The SMILES string of the molecule is CC1(C)C(N)CC1OCC1CCCO1. The lowest BCUT2D eigenvalue weighted by atomic mass is 9.65. The average molecular weight is 199 g/mol. The number of rotatable bonds is 3. The predicted octanol–water partition coefficient (Wildman–Crippen LogP) is 1.31. The Kier molecular flexibility index (Phi) is 2.82. The molecule has 1 saturated carbocycles. The van der Waals surface area contributed by atoms with Crippen molar-refractivity contribution < 1.29 is 9.47 Å². The molecule has 3 unspecified atom stereocenters. The van der Waals surface area contributed by atoms with E-state index in [-0.39, 0.29) is 5.41 Å². The summed E-state index contributed by atoms with van der Waals surface area (Å²) in [6.45, 7) is 6.02. The van der Waals surface area contributed by atoms with Crippen LogP contribution in [0.25, 0.3) is 0 Å². The van der Waals surface area contributed by atoms with Gasteiger partial charge >= 0.3 is 0 Å². The zero-order valence-electron chi connectivity index (χ0n) is 9.16. The zero-order chi connectivity index (χ0) is 10.2. The maximum Gasteiger partial charge on any atom is 0.0809 e. The Labute approximate surface area is 85.9 Å². The minimum atomic E-state index is 0.151. The van der Waals surface area contributed by atoms with Crippen molar-refractivity contribution in [1.82, 2.24) is 0 Å². The van der Waals surface area contributed by atoms with Crippen molar-refractivity contribution in [2.45, 2.75) is 51.4 Å². The van der Waals surface area contributed by atoms with Crippen molar-refractivity contribution in [2.24, 2.45) is 11.1 Å². The van der Waals surface area contributed by atoms with Gasteiger partial charge in [-0.3, -0.25) is 0 Å². The van der Waals surface area contributed by atoms with Gasteiger partial charge in [-0.15, -0.1) is 0 Å². The molecular weight excluding hydrogens is 178 g/mol. The third-order valence-electron chi connectivity index (χ3n) is 3.76. The molecule has 2 aliphatic rings. The second kappa shape index (κ2) is 3.80. The fourth-order valence-electron chi connectivity index (χ4n) is 2.20. The van der Waals surface area contributed by atoms with Gasteiger partial charge < -0.3 is 15.2 Å². The van der Waals surface area contributed by atoms with Crippen molar-refractivity contribution >= 4 is 0 Å². The summed E-state index contributed by atoms with van der Waals surface area (Å²) in [7, 11) is 0. The third kappa shape index (κ3) is 1.81. The Bertz CT molecular complexity index is 199. The quantitative estimate of drug-likeness (QED) is 0.745. The Morgan fingerprint density at radius 3 is 2.79 bits per heavy atom. The molecule has 1 heterocycles. The van der Waals surface area contributed by atoms with E-state index >= 15 is 0 Å². The molecule has 0 amide bonds. The highest BCUT2D eigenvalue weighted by Gasteiger charge is 2.47. The lowest BCUT2D eigenvalue weighted by Crippen LogP contribution is -2.59. The first-order valence-corrected chi connectivity index (χ1v) is 5.59. The van der Waals surface area contributed by atoms with Crippen LogP contribution in [-0.2, 0) is 9.47 Å². The molecule has 3 nitrogen and oxygen atoms in total. The molecule has 1 aliphatic carbocycles. The van der Waals surface area contributed by atoms with Crippen LogP contribution in [0.3, 0.4) is 0 Å². The topological polar surface area (TPSA) is 44.5 Å². The molecule has 0 aromatic heterocycles. The molecule has 0 aromatic rings. The van der Waals surface area contributed by atoms with E-state index in [1.54, 1.807) is 0 Å². The molecule has 14 heavy (non-hydrogen) atoms. The molecule has 2 rings (SSSR count).